The van der Waals surface area contributed by atoms with Crippen molar-refractivity contribution in [3.8, 4) is 0 Å². The van der Waals surface area contributed by atoms with Gasteiger partial charge in [-0.1, -0.05) is 18.2 Å². The third-order valence-electron chi connectivity index (χ3n) is 3.60. The number of carbonyl (C=O) groups excluding carboxylic acids is 2. The van der Waals surface area contributed by atoms with E-state index in [-0.39, 0.29) is 5.78 Å². The van der Waals surface area contributed by atoms with E-state index in [2.05, 4.69) is 4.98 Å². The molecule has 0 saturated carbocycles. The zero-order chi connectivity index (χ0) is 13.4. The molecular weight excluding hydrogens is 242 g/mol. The van der Waals surface area contributed by atoms with Gasteiger partial charge in [-0.15, -0.1) is 0 Å². The van der Waals surface area contributed by atoms with Crippen LogP contribution in [0.25, 0.3) is 10.9 Å². The summed E-state index contributed by atoms with van der Waals surface area (Å²) in [5, 5.41) is 0.900. The molecule has 1 aromatic heterocycles. The minimum atomic E-state index is -0.647. The molecule has 19 heavy (non-hydrogen) atoms. The van der Waals surface area contributed by atoms with E-state index in [0.29, 0.717) is 25.0 Å². The molecule has 0 bridgehead atoms. The molecule has 3 rings (SSSR count). The van der Waals surface area contributed by atoms with E-state index in [9.17, 15) is 9.59 Å². The van der Waals surface area contributed by atoms with Crippen LogP contribution >= 0.6 is 0 Å². The Morgan fingerprint density at radius 2 is 2.21 bits per heavy atom. The second-order valence-corrected chi connectivity index (χ2v) is 4.73. The third kappa shape index (κ3) is 1.84. The Bertz CT molecular complexity index is 656. The maximum Gasteiger partial charge on any atom is 0.316 e. The number of hydrogen-bond donors (Lipinski definition) is 1. The lowest BCUT2D eigenvalue weighted by Gasteiger charge is -2.19. The molecule has 0 amide bonds. The number of Topliss-reactive ketones (excluding diaryl/α,β-unsaturated/α-hetero) is 1. The fourth-order valence-corrected chi connectivity index (χ4v) is 2.73. The summed E-state index contributed by atoms with van der Waals surface area (Å²) in [6, 6.07) is 7.69. The number of aromatic amines is 1. The maximum atomic E-state index is 12.5. The zero-order valence-corrected chi connectivity index (χ0v) is 10.7. The van der Waals surface area contributed by atoms with Gasteiger partial charge in [0, 0.05) is 22.2 Å². The number of hydrogen-bond acceptors (Lipinski definition) is 3. The van der Waals surface area contributed by atoms with Gasteiger partial charge >= 0.3 is 5.97 Å². The Hall–Kier alpha value is -2.10. The second kappa shape index (κ2) is 4.53. The second-order valence-electron chi connectivity index (χ2n) is 4.73. The summed E-state index contributed by atoms with van der Waals surface area (Å²) in [6.45, 7) is 2.06. The van der Waals surface area contributed by atoms with E-state index in [1.54, 1.807) is 6.92 Å². The molecule has 0 spiro atoms. The SMILES string of the molecule is CCOC(=O)C1CCc2[nH]c3ccccc3c2C1=O. The average Bonchev–Trinajstić information content (AvgIpc) is 2.78. The van der Waals surface area contributed by atoms with Crippen LogP contribution in [0.3, 0.4) is 0 Å². The van der Waals surface area contributed by atoms with Gasteiger partial charge in [0.1, 0.15) is 5.92 Å². The molecular formula is C15H15NO3. The first kappa shape index (κ1) is 12.0. The summed E-state index contributed by atoms with van der Waals surface area (Å²) >= 11 is 0. The van der Waals surface area contributed by atoms with Gasteiger partial charge < -0.3 is 9.72 Å². The highest BCUT2D eigenvalue weighted by molar-refractivity contribution is 6.16. The molecule has 98 valence electrons. The summed E-state index contributed by atoms with van der Waals surface area (Å²) in [5.74, 6) is -1.16. The van der Waals surface area contributed by atoms with Gasteiger partial charge in [-0.25, -0.2) is 0 Å². The van der Waals surface area contributed by atoms with Gasteiger partial charge in [0.15, 0.2) is 5.78 Å². The summed E-state index contributed by atoms with van der Waals surface area (Å²) in [7, 11) is 0. The lowest BCUT2D eigenvalue weighted by Crippen LogP contribution is -2.30. The van der Waals surface area contributed by atoms with Gasteiger partial charge in [0.2, 0.25) is 0 Å². The van der Waals surface area contributed by atoms with Crippen molar-refractivity contribution in [1.82, 2.24) is 4.98 Å². The Kier molecular flexibility index (Phi) is 2.85. The number of aryl methyl sites for hydroxylation is 1. The van der Waals surface area contributed by atoms with E-state index in [1.807, 2.05) is 24.3 Å². The van der Waals surface area contributed by atoms with Gasteiger partial charge in [-0.2, -0.15) is 0 Å². The zero-order valence-electron chi connectivity index (χ0n) is 10.7. The standard InChI is InChI=1S/C15H15NO3/c1-2-19-15(18)10-7-8-12-13(14(10)17)9-5-3-4-6-11(9)16-12/h3-6,10,16H,2,7-8H2,1H3. The van der Waals surface area contributed by atoms with Crippen LogP contribution in [0.15, 0.2) is 24.3 Å². The molecule has 4 heteroatoms. The molecule has 0 aliphatic heterocycles. The van der Waals surface area contributed by atoms with Gasteiger partial charge in [-0.3, -0.25) is 9.59 Å². The van der Waals surface area contributed by atoms with E-state index >= 15 is 0 Å². The van der Waals surface area contributed by atoms with Crippen molar-refractivity contribution in [2.45, 2.75) is 19.8 Å². The van der Waals surface area contributed by atoms with Crippen LogP contribution in [0.4, 0.5) is 0 Å². The number of ketones is 1. The Labute approximate surface area is 110 Å². The first-order chi connectivity index (χ1) is 9.22. The normalized spacial score (nSPS) is 18.4. The topological polar surface area (TPSA) is 59.2 Å². The van der Waals surface area contributed by atoms with Gasteiger partial charge in [0.25, 0.3) is 0 Å². The third-order valence-corrected chi connectivity index (χ3v) is 3.60. The average molecular weight is 257 g/mol. The quantitative estimate of drug-likeness (QED) is 0.664. The van der Waals surface area contributed by atoms with Crippen molar-refractivity contribution in [2.24, 2.45) is 5.92 Å². The lowest BCUT2D eigenvalue weighted by atomic mass is 9.85. The van der Waals surface area contributed by atoms with Crippen LogP contribution in [0, 0.1) is 5.92 Å². The molecule has 4 nitrogen and oxygen atoms in total. The number of carbonyl (C=O) groups is 2. The van der Waals surface area contributed by atoms with Crippen LogP contribution in [0.2, 0.25) is 0 Å². The van der Waals surface area contributed by atoms with Crippen LogP contribution in [0.5, 0.6) is 0 Å². The van der Waals surface area contributed by atoms with Gasteiger partial charge in [0.05, 0.1) is 6.61 Å². The number of fused-ring (bicyclic) bond motifs is 3. The molecule has 1 aliphatic rings. The molecule has 0 fully saturated rings. The van der Waals surface area contributed by atoms with Crippen molar-refractivity contribution in [3.63, 3.8) is 0 Å². The summed E-state index contributed by atoms with van der Waals surface area (Å²) in [6.07, 6.45) is 1.23. The molecule has 1 N–H and O–H groups in total. The molecule has 0 saturated heterocycles. The number of H-pyrrole nitrogens is 1. The van der Waals surface area contributed by atoms with E-state index in [4.69, 9.17) is 4.74 Å². The van der Waals surface area contributed by atoms with E-state index in [1.165, 1.54) is 0 Å². The predicted octanol–water partition coefficient (Wildman–Crippen LogP) is 2.48. The minimum Gasteiger partial charge on any atom is -0.465 e. The van der Waals surface area contributed by atoms with Crippen LogP contribution in [-0.2, 0) is 16.0 Å². The highest BCUT2D eigenvalue weighted by Crippen LogP contribution is 2.32. The molecule has 0 radical (unpaired) electrons. The minimum absolute atomic E-state index is 0.114. The summed E-state index contributed by atoms with van der Waals surface area (Å²) in [5.41, 5.74) is 2.55. The van der Waals surface area contributed by atoms with Crippen molar-refractivity contribution < 1.29 is 14.3 Å². The van der Waals surface area contributed by atoms with Crippen molar-refractivity contribution >= 4 is 22.7 Å². The Balaban J connectivity index is 2.05. The highest BCUT2D eigenvalue weighted by atomic mass is 16.5. The molecule has 1 heterocycles. The summed E-state index contributed by atoms with van der Waals surface area (Å²) < 4.78 is 4.99. The molecule has 2 aromatic rings. The number of rotatable bonds is 2. The van der Waals surface area contributed by atoms with Gasteiger partial charge in [-0.05, 0) is 25.8 Å². The molecule has 1 aromatic carbocycles. The van der Waals surface area contributed by atoms with E-state index < -0.39 is 11.9 Å². The Morgan fingerprint density at radius 3 is 3.00 bits per heavy atom. The Morgan fingerprint density at radius 1 is 1.42 bits per heavy atom. The van der Waals surface area contributed by atoms with Crippen LogP contribution in [0.1, 0.15) is 29.4 Å². The monoisotopic (exact) mass is 257 g/mol. The molecule has 1 unspecified atom stereocenters. The van der Waals surface area contributed by atoms with E-state index in [0.717, 1.165) is 16.6 Å². The highest BCUT2D eigenvalue weighted by Gasteiger charge is 2.35. The molecule has 1 atom stereocenters. The maximum absolute atomic E-state index is 12.5. The van der Waals surface area contributed by atoms with Crippen molar-refractivity contribution in [2.75, 3.05) is 6.61 Å². The molecule has 1 aliphatic carbocycles. The van der Waals surface area contributed by atoms with Crippen molar-refractivity contribution in [1.29, 1.82) is 0 Å². The fourth-order valence-electron chi connectivity index (χ4n) is 2.73. The number of benzene rings is 1. The lowest BCUT2D eigenvalue weighted by molar-refractivity contribution is -0.146. The first-order valence-corrected chi connectivity index (χ1v) is 6.52. The summed E-state index contributed by atoms with van der Waals surface area (Å²) in [4.78, 5) is 27.6. The van der Waals surface area contributed by atoms with Crippen molar-refractivity contribution in [3.05, 3.63) is 35.5 Å². The number of para-hydroxylation sites is 1. The fraction of sp³-hybridized carbons (Fsp3) is 0.333. The first-order valence-electron chi connectivity index (χ1n) is 6.52. The van der Waals surface area contributed by atoms with Crippen LogP contribution < -0.4 is 0 Å². The predicted molar refractivity (Wildman–Crippen MR) is 71.1 cm³/mol. The number of esters is 1. The number of ether oxygens (including phenoxy) is 1. The smallest absolute Gasteiger partial charge is 0.316 e. The number of aromatic nitrogens is 1. The largest absolute Gasteiger partial charge is 0.465 e. The number of nitrogens with one attached hydrogen (secondary N) is 1. The van der Waals surface area contributed by atoms with Crippen LogP contribution in [-0.4, -0.2) is 23.3 Å².